The van der Waals surface area contributed by atoms with Gasteiger partial charge in [-0.2, -0.15) is 0 Å². The maximum atomic E-state index is 5.94. The summed E-state index contributed by atoms with van der Waals surface area (Å²) in [5.41, 5.74) is 6.83. The molecule has 86 valence electrons. The third kappa shape index (κ3) is 3.06. The van der Waals surface area contributed by atoms with Crippen LogP contribution in [0.15, 0.2) is 30.1 Å². The van der Waals surface area contributed by atoms with E-state index in [2.05, 4.69) is 11.4 Å². The van der Waals surface area contributed by atoms with Gasteiger partial charge in [-0.15, -0.1) is 0 Å². The van der Waals surface area contributed by atoms with E-state index in [0.717, 1.165) is 25.2 Å². The Labute approximate surface area is 105 Å². The zero-order valence-corrected chi connectivity index (χ0v) is 10.4. The topological polar surface area (TPSA) is 38.0 Å². The van der Waals surface area contributed by atoms with Crippen LogP contribution in [0, 0.1) is 5.92 Å². The summed E-state index contributed by atoms with van der Waals surface area (Å²) in [4.78, 5) is 0. The number of halogens is 2. The number of nitrogens with two attached hydrogens (primary N) is 1. The lowest BCUT2D eigenvalue weighted by Gasteiger charge is -2.07. The van der Waals surface area contributed by atoms with Crippen LogP contribution in [0.2, 0.25) is 10.0 Å². The average Bonchev–Trinajstić information content (AvgIpc) is 2.60. The molecule has 16 heavy (non-hydrogen) atoms. The fourth-order valence-corrected chi connectivity index (χ4v) is 2.48. The van der Waals surface area contributed by atoms with Gasteiger partial charge in [-0.3, -0.25) is 0 Å². The van der Waals surface area contributed by atoms with Crippen LogP contribution < -0.4 is 11.1 Å². The van der Waals surface area contributed by atoms with Crippen LogP contribution in [-0.4, -0.2) is 6.54 Å². The zero-order valence-electron chi connectivity index (χ0n) is 8.84. The Hall–Kier alpha value is -0.860. The third-order valence-corrected chi connectivity index (χ3v) is 3.15. The first-order chi connectivity index (χ1) is 7.63. The smallest absolute Gasteiger partial charge is 0.0922 e. The predicted molar refractivity (Wildman–Crippen MR) is 68.5 cm³/mol. The van der Waals surface area contributed by atoms with Crippen LogP contribution in [-0.2, 0) is 6.42 Å². The summed E-state index contributed by atoms with van der Waals surface area (Å²) in [6, 6.07) is 5.67. The summed E-state index contributed by atoms with van der Waals surface area (Å²) in [7, 11) is 0. The van der Waals surface area contributed by atoms with E-state index in [-0.39, 0.29) is 0 Å². The fraction of sp³-hybridized carbons (Fsp3) is 0.333. The highest BCUT2D eigenvalue weighted by molar-refractivity contribution is 6.34. The molecule has 1 aliphatic rings. The Morgan fingerprint density at radius 3 is 2.50 bits per heavy atom. The highest BCUT2D eigenvalue weighted by Crippen LogP contribution is 2.22. The summed E-state index contributed by atoms with van der Waals surface area (Å²) in [6.45, 7) is 0.931. The monoisotopic (exact) mass is 256 g/mol. The second-order valence-corrected chi connectivity index (χ2v) is 4.95. The Balaban J connectivity index is 1.94. The first kappa shape index (κ1) is 11.6. The highest BCUT2D eigenvalue weighted by atomic mass is 35.5. The van der Waals surface area contributed by atoms with Crippen LogP contribution >= 0.6 is 23.2 Å². The van der Waals surface area contributed by atoms with E-state index >= 15 is 0 Å². The molecule has 1 aromatic carbocycles. The maximum Gasteiger partial charge on any atom is 0.0922 e. The molecule has 3 N–H and O–H groups in total. The maximum absolute atomic E-state index is 5.94. The van der Waals surface area contributed by atoms with E-state index in [0.29, 0.717) is 16.0 Å². The SMILES string of the molecule is NC1=C[C@H](CCc2cc(Cl)cc(Cl)c2)CN1. The molecule has 0 spiro atoms. The quantitative estimate of drug-likeness (QED) is 0.873. The molecule has 1 aromatic rings. The van der Waals surface area contributed by atoms with Crippen LogP contribution in [0.4, 0.5) is 0 Å². The van der Waals surface area contributed by atoms with Crippen LogP contribution in [0.3, 0.4) is 0 Å². The summed E-state index contributed by atoms with van der Waals surface area (Å²) < 4.78 is 0. The molecular formula is C12H14Cl2N2. The molecule has 0 amide bonds. The summed E-state index contributed by atoms with van der Waals surface area (Å²) in [5.74, 6) is 1.30. The van der Waals surface area contributed by atoms with Crippen molar-refractivity contribution < 1.29 is 0 Å². The lowest BCUT2D eigenvalue weighted by Crippen LogP contribution is -2.16. The molecule has 0 saturated heterocycles. The van der Waals surface area contributed by atoms with E-state index in [1.165, 1.54) is 5.56 Å². The predicted octanol–water partition coefficient (Wildman–Crippen LogP) is 2.95. The number of aryl methyl sites for hydroxylation is 1. The fourth-order valence-electron chi connectivity index (χ4n) is 1.91. The van der Waals surface area contributed by atoms with Gasteiger partial charge >= 0.3 is 0 Å². The molecule has 0 radical (unpaired) electrons. The standard InChI is InChI=1S/C12H14Cl2N2/c13-10-3-8(4-11(14)6-10)1-2-9-5-12(15)16-7-9/h3-6,9,16H,1-2,7,15H2/t9-/m0/s1. The number of rotatable bonds is 3. The van der Waals surface area contributed by atoms with Gasteiger partial charge in [0, 0.05) is 16.6 Å². The normalized spacial score (nSPS) is 19.4. The first-order valence-corrected chi connectivity index (χ1v) is 6.05. The number of hydrogen-bond donors (Lipinski definition) is 2. The molecule has 0 aromatic heterocycles. The molecule has 4 heteroatoms. The van der Waals surface area contributed by atoms with Crippen LogP contribution in [0.25, 0.3) is 0 Å². The van der Waals surface area contributed by atoms with Crippen molar-refractivity contribution in [1.29, 1.82) is 0 Å². The van der Waals surface area contributed by atoms with Crippen molar-refractivity contribution in [3.63, 3.8) is 0 Å². The molecule has 0 aliphatic carbocycles. The van der Waals surface area contributed by atoms with Gasteiger partial charge in [0.15, 0.2) is 0 Å². The summed E-state index contributed by atoms with van der Waals surface area (Å²) >= 11 is 11.9. The molecule has 1 heterocycles. The molecule has 1 aliphatic heterocycles. The van der Waals surface area contributed by atoms with Crippen molar-refractivity contribution in [2.45, 2.75) is 12.8 Å². The van der Waals surface area contributed by atoms with Crippen molar-refractivity contribution >= 4 is 23.2 Å². The van der Waals surface area contributed by atoms with Crippen LogP contribution in [0.1, 0.15) is 12.0 Å². The van der Waals surface area contributed by atoms with Gasteiger partial charge in [0.2, 0.25) is 0 Å². The Kier molecular flexibility index (Phi) is 3.62. The molecule has 1 atom stereocenters. The largest absolute Gasteiger partial charge is 0.386 e. The molecule has 2 rings (SSSR count). The minimum atomic E-state index is 0.512. The van der Waals surface area contributed by atoms with E-state index in [1.807, 2.05) is 12.1 Å². The molecule has 0 bridgehead atoms. The lowest BCUT2D eigenvalue weighted by atomic mass is 10.0. The average molecular weight is 257 g/mol. The molecule has 2 nitrogen and oxygen atoms in total. The molecule has 0 fully saturated rings. The van der Waals surface area contributed by atoms with Crippen molar-refractivity contribution in [3.05, 3.63) is 45.7 Å². The van der Waals surface area contributed by atoms with E-state index in [4.69, 9.17) is 28.9 Å². The van der Waals surface area contributed by atoms with Crippen molar-refractivity contribution in [2.24, 2.45) is 11.7 Å². The van der Waals surface area contributed by atoms with Gasteiger partial charge in [-0.05, 0) is 48.6 Å². The van der Waals surface area contributed by atoms with E-state index < -0.39 is 0 Å². The van der Waals surface area contributed by atoms with Crippen molar-refractivity contribution in [2.75, 3.05) is 6.54 Å². The minimum Gasteiger partial charge on any atom is -0.386 e. The van der Waals surface area contributed by atoms with E-state index in [1.54, 1.807) is 6.07 Å². The summed E-state index contributed by atoms with van der Waals surface area (Å²) in [6.07, 6.45) is 4.10. The van der Waals surface area contributed by atoms with Gasteiger partial charge < -0.3 is 11.1 Å². The van der Waals surface area contributed by atoms with Gasteiger partial charge in [0.1, 0.15) is 0 Å². The second-order valence-electron chi connectivity index (χ2n) is 4.08. The van der Waals surface area contributed by atoms with Gasteiger partial charge in [0.05, 0.1) is 5.82 Å². The van der Waals surface area contributed by atoms with Gasteiger partial charge in [0.25, 0.3) is 0 Å². The number of benzene rings is 1. The van der Waals surface area contributed by atoms with Crippen molar-refractivity contribution in [3.8, 4) is 0 Å². The van der Waals surface area contributed by atoms with E-state index in [9.17, 15) is 0 Å². The number of hydrogen-bond acceptors (Lipinski definition) is 2. The van der Waals surface area contributed by atoms with Crippen molar-refractivity contribution in [1.82, 2.24) is 5.32 Å². The molecular weight excluding hydrogens is 243 g/mol. The Bertz CT molecular complexity index is 395. The Morgan fingerprint density at radius 1 is 1.25 bits per heavy atom. The second kappa shape index (κ2) is 4.98. The summed E-state index contributed by atoms with van der Waals surface area (Å²) in [5, 5.41) is 4.51. The molecule has 0 saturated carbocycles. The molecule has 0 unspecified atom stereocenters. The Morgan fingerprint density at radius 2 is 1.94 bits per heavy atom. The zero-order chi connectivity index (χ0) is 11.5. The number of nitrogens with one attached hydrogen (secondary N) is 1. The van der Waals surface area contributed by atoms with Crippen LogP contribution in [0.5, 0.6) is 0 Å². The lowest BCUT2D eigenvalue weighted by molar-refractivity contribution is 0.596. The highest BCUT2D eigenvalue weighted by Gasteiger charge is 2.12. The third-order valence-electron chi connectivity index (χ3n) is 2.71. The minimum absolute atomic E-state index is 0.512. The first-order valence-electron chi connectivity index (χ1n) is 5.29. The van der Waals surface area contributed by atoms with Gasteiger partial charge in [-0.1, -0.05) is 23.2 Å². The van der Waals surface area contributed by atoms with Gasteiger partial charge in [-0.25, -0.2) is 0 Å².